The van der Waals surface area contributed by atoms with E-state index in [2.05, 4.69) is 20.7 Å². The predicted octanol–water partition coefficient (Wildman–Crippen LogP) is 4.15. The standard InChI is InChI=1S/C17H20BrClN2O3S/c1-12-10-13(18)4-7-17(12)25(22,23)20-14-5-6-15(19)16(11-14)24-9-8-21(2)3/h4-7,10-11,20H,8-9H2,1-3H3. The van der Waals surface area contributed by atoms with Crippen molar-refractivity contribution in [3.8, 4) is 5.75 Å². The maximum atomic E-state index is 12.6. The van der Waals surface area contributed by atoms with E-state index < -0.39 is 10.0 Å². The Labute approximate surface area is 162 Å². The number of aryl methyl sites for hydroxylation is 1. The van der Waals surface area contributed by atoms with Gasteiger partial charge in [0.1, 0.15) is 12.4 Å². The highest BCUT2D eigenvalue weighted by Gasteiger charge is 2.18. The summed E-state index contributed by atoms with van der Waals surface area (Å²) >= 11 is 9.45. The van der Waals surface area contributed by atoms with Crippen LogP contribution in [0.25, 0.3) is 0 Å². The number of likely N-dealkylation sites (N-methyl/N-ethyl adjacent to an activating group) is 1. The predicted molar refractivity (Wildman–Crippen MR) is 105 cm³/mol. The van der Waals surface area contributed by atoms with Crippen molar-refractivity contribution in [3.05, 3.63) is 51.5 Å². The third-order valence-electron chi connectivity index (χ3n) is 3.41. The number of nitrogens with one attached hydrogen (secondary N) is 1. The Bertz CT molecular complexity index is 857. The minimum atomic E-state index is -3.70. The first-order valence-corrected chi connectivity index (χ1v) is 10.2. The maximum absolute atomic E-state index is 12.6. The van der Waals surface area contributed by atoms with E-state index >= 15 is 0 Å². The summed E-state index contributed by atoms with van der Waals surface area (Å²) in [6, 6.07) is 9.81. The van der Waals surface area contributed by atoms with E-state index in [9.17, 15) is 8.42 Å². The van der Waals surface area contributed by atoms with Crippen LogP contribution in [0.5, 0.6) is 5.75 Å². The minimum Gasteiger partial charge on any atom is -0.491 e. The van der Waals surface area contributed by atoms with Crippen molar-refractivity contribution in [1.82, 2.24) is 4.90 Å². The highest BCUT2D eigenvalue weighted by atomic mass is 79.9. The SMILES string of the molecule is Cc1cc(Br)ccc1S(=O)(=O)Nc1ccc(Cl)c(OCCN(C)C)c1. The molecule has 0 saturated carbocycles. The first-order chi connectivity index (χ1) is 11.7. The summed E-state index contributed by atoms with van der Waals surface area (Å²) in [7, 11) is 0.179. The Hall–Kier alpha value is -1.28. The molecule has 0 fully saturated rings. The van der Waals surface area contributed by atoms with Crippen molar-refractivity contribution in [2.45, 2.75) is 11.8 Å². The summed E-state index contributed by atoms with van der Waals surface area (Å²) in [5.41, 5.74) is 1.05. The van der Waals surface area contributed by atoms with Crippen LogP contribution < -0.4 is 9.46 Å². The first kappa shape index (κ1) is 20.0. The molecule has 2 aromatic rings. The molecule has 0 unspecified atom stereocenters. The summed E-state index contributed by atoms with van der Waals surface area (Å²) in [6.07, 6.45) is 0. The smallest absolute Gasteiger partial charge is 0.262 e. The van der Waals surface area contributed by atoms with Gasteiger partial charge in [0.05, 0.1) is 15.6 Å². The zero-order valence-corrected chi connectivity index (χ0v) is 17.4. The van der Waals surface area contributed by atoms with Crippen molar-refractivity contribution >= 4 is 43.2 Å². The average molecular weight is 448 g/mol. The number of rotatable bonds is 7. The summed E-state index contributed by atoms with van der Waals surface area (Å²) < 4.78 is 34.3. The van der Waals surface area contributed by atoms with Gasteiger partial charge in [-0.05, 0) is 56.9 Å². The Morgan fingerprint density at radius 1 is 1.20 bits per heavy atom. The summed E-state index contributed by atoms with van der Waals surface area (Å²) in [6.45, 7) is 2.93. The molecule has 0 heterocycles. The monoisotopic (exact) mass is 446 g/mol. The molecule has 8 heteroatoms. The molecule has 0 bridgehead atoms. The Morgan fingerprint density at radius 2 is 1.92 bits per heavy atom. The van der Waals surface area contributed by atoms with Crippen LogP contribution in [0.15, 0.2) is 45.8 Å². The molecular formula is C17H20BrClN2O3S. The topological polar surface area (TPSA) is 58.6 Å². The normalized spacial score (nSPS) is 11.6. The first-order valence-electron chi connectivity index (χ1n) is 7.55. The number of sulfonamides is 1. The van der Waals surface area contributed by atoms with Gasteiger partial charge in [-0.25, -0.2) is 8.42 Å². The molecule has 2 aromatic carbocycles. The Morgan fingerprint density at radius 3 is 2.56 bits per heavy atom. The molecule has 1 N–H and O–H groups in total. The molecule has 2 rings (SSSR count). The van der Waals surface area contributed by atoms with Crippen molar-refractivity contribution in [2.75, 3.05) is 32.0 Å². The molecule has 0 amide bonds. The van der Waals surface area contributed by atoms with Crippen molar-refractivity contribution < 1.29 is 13.2 Å². The molecule has 0 saturated heterocycles. The summed E-state index contributed by atoms with van der Waals surface area (Å²) in [4.78, 5) is 2.21. The van der Waals surface area contributed by atoms with Crippen molar-refractivity contribution in [2.24, 2.45) is 0 Å². The van der Waals surface area contributed by atoms with E-state index in [1.807, 2.05) is 19.0 Å². The lowest BCUT2D eigenvalue weighted by molar-refractivity contribution is 0.261. The van der Waals surface area contributed by atoms with Crippen LogP contribution in [0.3, 0.4) is 0 Å². The lowest BCUT2D eigenvalue weighted by Gasteiger charge is -2.14. The quantitative estimate of drug-likeness (QED) is 0.692. The van der Waals surface area contributed by atoms with Gasteiger partial charge in [0.15, 0.2) is 0 Å². The van der Waals surface area contributed by atoms with E-state index in [-0.39, 0.29) is 4.90 Å². The average Bonchev–Trinajstić information content (AvgIpc) is 2.49. The van der Waals surface area contributed by atoms with E-state index in [1.54, 1.807) is 43.3 Å². The molecular weight excluding hydrogens is 428 g/mol. The van der Waals surface area contributed by atoms with Crippen molar-refractivity contribution in [3.63, 3.8) is 0 Å². The number of hydrogen-bond donors (Lipinski definition) is 1. The number of benzene rings is 2. The second-order valence-corrected chi connectivity index (χ2v) is 8.79. The fraction of sp³-hybridized carbons (Fsp3) is 0.294. The molecule has 25 heavy (non-hydrogen) atoms. The van der Waals surface area contributed by atoms with Gasteiger partial charge in [0, 0.05) is 17.1 Å². The van der Waals surface area contributed by atoms with E-state index in [1.165, 1.54) is 0 Å². The third kappa shape index (κ3) is 5.60. The van der Waals surface area contributed by atoms with Gasteiger partial charge in [0.2, 0.25) is 0 Å². The maximum Gasteiger partial charge on any atom is 0.262 e. The molecule has 0 aromatic heterocycles. The minimum absolute atomic E-state index is 0.223. The van der Waals surface area contributed by atoms with Gasteiger partial charge in [-0.1, -0.05) is 27.5 Å². The molecule has 0 atom stereocenters. The summed E-state index contributed by atoms with van der Waals surface area (Å²) in [5, 5.41) is 0.432. The van der Waals surface area contributed by atoms with Gasteiger partial charge < -0.3 is 9.64 Å². The van der Waals surface area contributed by atoms with Gasteiger partial charge in [-0.3, -0.25) is 4.72 Å². The lowest BCUT2D eigenvalue weighted by Crippen LogP contribution is -2.19. The highest BCUT2D eigenvalue weighted by Crippen LogP contribution is 2.29. The zero-order chi connectivity index (χ0) is 18.6. The number of hydrogen-bond acceptors (Lipinski definition) is 4. The second kappa shape index (κ2) is 8.40. The number of ether oxygens (including phenoxy) is 1. The third-order valence-corrected chi connectivity index (χ3v) is 5.75. The fourth-order valence-corrected chi connectivity index (χ4v) is 4.06. The number of anilines is 1. The molecule has 0 radical (unpaired) electrons. The van der Waals surface area contributed by atoms with Crippen LogP contribution >= 0.6 is 27.5 Å². The van der Waals surface area contributed by atoms with Crippen LogP contribution in [-0.2, 0) is 10.0 Å². The van der Waals surface area contributed by atoms with Gasteiger partial charge in [-0.2, -0.15) is 0 Å². The zero-order valence-electron chi connectivity index (χ0n) is 14.2. The molecule has 0 aliphatic carbocycles. The van der Waals surface area contributed by atoms with Crippen LogP contribution in [-0.4, -0.2) is 40.6 Å². The number of nitrogens with zero attached hydrogens (tertiary/aromatic N) is 1. The Balaban J connectivity index is 2.21. The molecule has 0 spiro atoms. The summed E-state index contributed by atoms with van der Waals surface area (Å²) in [5.74, 6) is 0.441. The van der Waals surface area contributed by atoms with E-state index in [0.717, 1.165) is 11.0 Å². The molecule has 0 aliphatic rings. The fourth-order valence-electron chi connectivity index (χ4n) is 2.14. The lowest BCUT2D eigenvalue weighted by atomic mass is 10.2. The van der Waals surface area contributed by atoms with Crippen LogP contribution in [0.1, 0.15) is 5.56 Å². The van der Waals surface area contributed by atoms with Crippen LogP contribution in [0.4, 0.5) is 5.69 Å². The van der Waals surface area contributed by atoms with Crippen LogP contribution in [0, 0.1) is 6.92 Å². The highest BCUT2D eigenvalue weighted by molar-refractivity contribution is 9.10. The van der Waals surface area contributed by atoms with Crippen LogP contribution in [0.2, 0.25) is 5.02 Å². The number of halogens is 2. The molecule has 0 aliphatic heterocycles. The van der Waals surface area contributed by atoms with Gasteiger partial charge in [0.25, 0.3) is 10.0 Å². The Kier molecular flexibility index (Phi) is 6.73. The molecule has 5 nitrogen and oxygen atoms in total. The van der Waals surface area contributed by atoms with E-state index in [0.29, 0.717) is 28.6 Å². The van der Waals surface area contributed by atoms with Gasteiger partial charge in [-0.15, -0.1) is 0 Å². The van der Waals surface area contributed by atoms with Gasteiger partial charge >= 0.3 is 0 Å². The largest absolute Gasteiger partial charge is 0.491 e. The van der Waals surface area contributed by atoms with Crippen molar-refractivity contribution in [1.29, 1.82) is 0 Å². The second-order valence-electron chi connectivity index (χ2n) is 5.81. The molecule has 136 valence electrons. The van der Waals surface area contributed by atoms with E-state index in [4.69, 9.17) is 16.3 Å².